The summed E-state index contributed by atoms with van der Waals surface area (Å²) in [6, 6.07) is 0.0503. The zero-order chi connectivity index (χ0) is 16.2. The number of thiazole rings is 1. The van der Waals surface area contributed by atoms with Gasteiger partial charge in [-0.2, -0.15) is 0 Å². The molecule has 6 nitrogen and oxygen atoms in total. The summed E-state index contributed by atoms with van der Waals surface area (Å²) >= 11 is 1.40. The Kier molecular flexibility index (Phi) is 5.15. The fourth-order valence-corrected chi connectivity index (χ4v) is 4.22. The predicted molar refractivity (Wildman–Crippen MR) is 90.0 cm³/mol. The highest BCUT2D eigenvalue weighted by molar-refractivity contribution is 7.15. The molecular formula is C16H24N4O2S. The first-order valence-corrected chi connectivity index (χ1v) is 9.25. The molecule has 1 aliphatic heterocycles. The summed E-state index contributed by atoms with van der Waals surface area (Å²) < 4.78 is 0. The number of nitrogens with one attached hydrogen (secondary N) is 1. The Labute approximate surface area is 140 Å². The van der Waals surface area contributed by atoms with Crippen molar-refractivity contribution in [2.45, 2.75) is 63.5 Å². The van der Waals surface area contributed by atoms with Gasteiger partial charge in [-0.05, 0) is 25.7 Å². The molecule has 2 heterocycles. The second kappa shape index (κ2) is 7.29. The first-order chi connectivity index (χ1) is 11.1. The van der Waals surface area contributed by atoms with Gasteiger partial charge in [-0.15, -0.1) is 11.3 Å². The van der Waals surface area contributed by atoms with E-state index in [1.807, 2.05) is 4.90 Å². The average molecular weight is 336 g/mol. The van der Waals surface area contributed by atoms with Crippen LogP contribution in [0.2, 0.25) is 0 Å². The van der Waals surface area contributed by atoms with Crippen LogP contribution in [0, 0.1) is 0 Å². The summed E-state index contributed by atoms with van der Waals surface area (Å²) in [4.78, 5) is 31.6. The van der Waals surface area contributed by atoms with E-state index >= 15 is 0 Å². The quantitative estimate of drug-likeness (QED) is 0.857. The number of aryl methyl sites for hydroxylation is 1. The minimum atomic E-state index is -0.337. The van der Waals surface area contributed by atoms with Crippen LogP contribution in [0.15, 0.2) is 6.20 Å². The first kappa shape index (κ1) is 16.2. The fourth-order valence-electron chi connectivity index (χ4n) is 3.53. The molecule has 2 amide bonds. The Morgan fingerprint density at radius 3 is 2.83 bits per heavy atom. The molecule has 0 radical (unpaired) electrons. The second-order valence-electron chi connectivity index (χ2n) is 6.40. The third kappa shape index (κ3) is 4.02. The maximum atomic E-state index is 12.5. The number of nitrogen functional groups attached to an aromatic ring is 1. The van der Waals surface area contributed by atoms with Crippen LogP contribution in [0.5, 0.6) is 0 Å². The maximum absolute atomic E-state index is 12.5. The molecular weight excluding hydrogens is 312 g/mol. The first-order valence-electron chi connectivity index (χ1n) is 8.43. The molecule has 1 aromatic rings. The smallest absolute Gasteiger partial charge is 0.245 e. The molecule has 1 aliphatic carbocycles. The van der Waals surface area contributed by atoms with E-state index in [2.05, 4.69) is 10.3 Å². The van der Waals surface area contributed by atoms with Crippen molar-refractivity contribution in [1.29, 1.82) is 0 Å². The standard InChI is InChI=1S/C16H24N4O2S/c17-16-18-10-12(23-16)6-7-14(21)19-13-8-9-20(15(13)22)11-4-2-1-3-5-11/h10-11,13H,1-9H2,(H2,17,18)(H,19,21). The highest BCUT2D eigenvalue weighted by Gasteiger charge is 2.36. The second-order valence-corrected chi connectivity index (χ2v) is 7.54. The van der Waals surface area contributed by atoms with Gasteiger partial charge in [0.2, 0.25) is 11.8 Å². The summed E-state index contributed by atoms with van der Waals surface area (Å²) in [6.07, 6.45) is 9.35. The Morgan fingerprint density at radius 2 is 2.13 bits per heavy atom. The Morgan fingerprint density at radius 1 is 1.35 bits per heavy atom. The van der Waals surface area contributed by atoms with E-state index < -0.39 is 0 Å². The van der Waals surface area contributed by atoms with Gasteiger partial charge >= 0.3 is 0 Å². The molecule has 3 N–H and O–H groups in total. The van der Waals surface area contributed by atoms with Gasteiger partial charge in [0.15, 0.2) is 5.13 Å². The molecule has 0 bridgehead atoms. The van der Waals surface area contributed by atoms with Crippen LogP contribution in [0.3, 0.4) is 0 Å². The molecule has 1 atom stereocenters. The summed E-state index contributed by atoms with van der Waals surface area (Å²) in [5.41, 5.74) is 5.58. The van der Waals surface area contributed by atoms with Crippen LogP contribution in [0.1, 0.15) is 49.8 Å². The van der Waals surface area contributed by atoms with Gasteiger partial charge in [0.25, 0.3) is 0 Å². The van der Waals surface area contributed by atoms with Crippen molar-refractivity contribution in [3.8, 4) is 0 Å². The van der Waals surface area contributed by atoms with Crippen molar-refractivity contribution in [3.05, 3.63) is 11.1 Å². The Balaban J connectivity index is 1.46. The number of nitrogens with two attached hydrogens (primary N) is 1. The number of nitrogens with zero attached hydrogens (tertiary/aromatic N) is 2. The van der Waals surface area contributed by atoms with Crippen molar-refractivity contribution < 1.29 is 9.59 Å². The zero-order valence-corrected chi connectivity index (χ0v) is 14.1. The van der Waals surface area contributed by atoms with Gasteiger partial charge in [0.1, 0.15) is 6.04 Å². The molecule has 0 aromatic carbocycles. The van der Waals surface area contributed by atoms with Crippen LogP contribution in [0.4, 0.5) is 5.13 Å². The zero-order valence-electron chi connectivity index (χ0n) is 13.3. The summed E-state index contributed by atoms with van der Waals surface area (Å²) in [7, 11) is 0. The Hall–Kier alpha value is -1.63. The molecule has 2 fully saturated rings. The van der Waals surface area contributed by atoms with Crippen LogP contribution in [-0.2, 0) is 16.0 Å². The van der Waals surface area contributed by atoms with E-state index in [1.54, 1.807) is 6.20 Å². The van der Waals surface area contributed by atoms with Gasteiger partial charge in [-0.3, -0.25) is 9.59 Å². The van der Waals surface area contributed by atoms with E-state index in [1.165, 1.54) is 30.6 Å². The lowest BCUT2D eigenvalue weighted by molar-refractivity contribution is -0.134. The van der Waals surface area contributed by atoms with Crippen molar-refractivity contribution >= 4 is 28.3 Å². The normalized spacial score (nSPS) is 22.5. The van der Waals surface area contributed by atoms with Gasteiger partial charge in [-0.25, -0.2) is 4.98 Å². The minimum Gasteiger partial charge on any atom is -0.375 e. The lowest BCUT2D eigenvalue weighted by Crippen LogP contribution is -2.45. The highest BCUT2D eigenvalue weighted by Crippen LogP contribution is 2.26. The molecule has 3 rings (SSSR count). The lowest BCUT2D eigenvalue weighted by Gasteiger charge is -2.31. The summed E-state index contributed by atoms with van der Waals surface area (Å²) in [5, 5.41) is 3.42. The van der Waals surface area contributed by atoms with E-state index in [0.29, 0.717) is 24.0 Å². The monoisotopic (exact) mass is 336 g/mol. The number of amides is 2. The highest BCUT2D eigenvalue weighted by atomic mass is 32.1. The van der Waals surface area contributed by atoms with Gasteiger partial charge in [0.05, 0.1) is 0 Å². The third-order valence-corrected chi connectivity index (χ3v) is 5.65. The number of likely N-dealkylation sites (tertiary alicyclic amines) is 1. The van der Waals surface area contributed by atoms with Gasteiger partial charge < -0.3 is 16.0 Å². The van der Waals surface area contributed by atoms with Crippen LogP contribution in [-0.4, -0.2) is 40.3 Å². The van der Waals surface area contributed by atoms with E-state index in [9.17, 15) is 9.59 Å². The predicted octanol–water partition coefficient (Wildman–Crippen LogP) is 1.71. The van der Waals surface area contributed by atoms with E-state index in [4.69, 9.17) is 5.73 Å². The topological polar surface area (TPSA) is 88.3 Å². The number of hydrogen-bond donors (Lipinski definition) is 2. The van der Waals surface area contributed by atoms with E-state index in [0.717, 1.165) is 30.7 Å². The average Bonchev–Trinajstić information content (AvgIpc) is 3.13. The number of rotatable bonds is 5. The molecule has 2 aliphatic rings. The van der Waals surface area contributed by atoms with Crippen LogP contribution >= 0.6 is 11.3 Å². The largest absolute Gasteiger partial charge is 0.375 e. The van der Waals surface area contributed by atoms with Crippen molar-refractivity contribution in [1.82, 2.24) is 15.2 Å². The van der Waals surface area contributed by atoms with Gasteiger partial charge in [-0.1, -0.05) is 19.3 Å². The number of carbonyl (C=O) groups is 2. The van der Waals surface area contributed by atoms with Crippen molar-refractivity contribution in [2.24, 2.45) is 0 Å². The van der Waals surface area contributed by atoms with Crippen LogP contribution < -0.4 is 11.1 Å². The number of aromatic nitrogens is 1. The SMILES string of the molecule is Nc1ncc(CCC(=O)NC2CCN(C3CCCCC3)C2=O)s1. The minimum absolute atomic E-state index is 0.0687. The van der Waals surface area contributed by atoms with Gasteiger partial charge in [0, 0.05) is 30.1 Å². The maximum Gasteiger partial charge on any atom is 0.245 e. The molecule has 23 heavy (non-hydrogen) atoms. The molecule has 7 heteroatoms. The molecule has 1 saturated heterocycles. The summed E-state index contributed by atoms with van der Waals surface area (Å²) in [6.45, 7) is 0.778. The number of hydrogen-bond acceptors (Lipinski definition) is 5. The van der Waals surface area contributed by atoms with E-state index in [-0.39, 0.29) is 17.9 Å². The molecule has 1 unspecified atom stereocenters. The molecule has 1 saturated carbocycles. The summed E-state index contributed by atoms with van der Waals surface area (Å²) in [5.74, 6) is 0.0353. The number of anilines is 1. The van der Waals surface area contributed by atoms with Crippen molar-refractivity contribution in [3.63, 3.8) is 0 Å². The van der Waals surface area contributed by atoms with Crippen molar-refractivity contribution in [2.75, 3.05) is 12.3 Å². The molecule has 126 valence electrons. The fraction of sp³-hybridized carbons (Fsp3) is 0.688. The Bertz CT molecular complexity index is 568. The third-order valence-electron chi connectivity index (χ3n) is 4.76. The number of carbonyl (C=O) groups excluding carboxylic acids is 2. The molecule has 0 spiro atoms. The molecule has 1 aromatic heterocycles. The van der Waals surface area contributed by atoms with Crippen LogP contribution in [0.25, 0.3) is 0 Å². The lowest BCUT2D eigenvalue weighted by atomic mass is 9.94.